The second-order valence-corrected chi connectivity index (χ2v) is 5.53. The van der Waals surface area contributed by atoms with Crippen LogP contribution in [0, 0.1) is 6.92 Å². The summed E-state index contributed by atoms with van der Waals surface area (Å²) in [7, 11) is 0. The van der Waals surface area contributed by atoms with Crippen molar-refractivity contribution in [3.8, 4) is 5.75 Å². The van der Waals surface area contributed by atoms with Gasteiger partial charge in [0.2, 0.25) is 0 Å². The molecule has 3 N–H and O–H groups in total. The highest BCUT2D eigenvalue weighted by molar-refractivity contribution is 5.99. The summed E-state index contributed by atoms with van der Waals surface area (Å²) in [5.74, 6) is 0.824. The number of anilines is 2. The fourth-order valence-electron chi connectivity index (χ4n) is 2.66. The van der Waals surface area contributed by atoms with E-state index in [2.05, 4.69) is 22.4 Å². The maximum absolute atomic E-state index is 6.07. The number of fused-ring (bicyclic) bond motifs is 1. The van der Waals surface area contributed by atoms with Crippen LogP contribution in [0.1, 0.15) is 18.1 Å². The number of nitrogens with zero attached hydrogens (tertiary/aromatic N) is 1. The molecule has 0 aliphatic rings. The van der Waals surface area contributed by atoms with Crippen molar-refractivity contribution in [1.29, 1.82) is 0 Å². The number of nitrogens with one attached hydrogen (secondary N) is 1. The van der Waals surface area contributed by atoms with Crippen molar-refractivity contribution >= 4 is 22.3 Å². The smallest absolute Gasteiger partial charge is 0.120 e. The molecule has 23 heavy (non-hydrogen) atoms. The number of hydrogen-bond acceptors (Lipinski definition) is 4. The predicted octanol–water partition coefficient (Wildman–Crippen LogP) is 4.14. The van der Waals surface area contributed by atoms with Crippen LogP contribution in [0.5, 0.6) is 5.75 Å². The van der Waals surface area contributed by atoms with E-state index < -0.39 is 0 Å². The minimum Gasteiger partial charge on any atom is -0.489 e. The number of aromatic nitrogens is 1. The minimum absolute atomic E-state index is 0.540. The van der Waals surface area contributed by atoms with E-state index in [9.17, 15) is 0 Å². The molecule has 0 radical (unpaired) electrons. The molecule has 2 aromatic carbocycles. The maximum Gasteiger partial charge on any atom is 0.120 e. The molecular formula is C19H21N3O. The van der Waals surface area contributed by atoms with Crippen LogP contribution in [0.15, 0.2) is 48.7 Å². The summed E-state index contributed by atoms with van der Waals surface area (Å²) >= 11 is 0. The first-order valence-electron chi connectivity index (χ1n) is 7.78. The lowest BCUT2D eigenvalue weighted by Gasteiger charge is -2.14. The normalized spacial score (nSPS) is 10.7. The molecule has 0 saturated heterocycles. The van der Waals surface area contributed by atoms with E-state index in [0.29, 0.717) is 12.3 Å². The Balaban J connectivity index is 1.97. The van der Waals surface area contributed by atoms with Crippen molar-refractivity contribution in [1.82, 2.24) is 4.98 Å². The molecule has 0 bridgehead atoms. The van der Waals surface area contributed by atoms with Gasteiger partial charge in [-0.2, -0.15) is 0 Å². The first kappa shape index (κ1) is 15.2. The monoisotopic (exact) mass is 307 g/mol. The Morgan fingerprint density at radius 1 is 1.17 bits per heavy atom. The number of hydrogen-bond donors (Lipinski definition) is 2. The van der Waals surface area contributed by atoms with E-state index in [-0.39, 0.29) is 0 Å². The van der Waals surface area contributed by atoms with E-state index in [0.717, 1.165) is 40.0 Å². The molecule has 118 valence electrons. The number of nitrogens with two attached hydrogens (primary N) is 1. The lowest BCUT2D eigenvalue weighted by atomic mass is 10.1. The van der Waals surface area contributed by atoms with Crippen molar-refractivity contribution in [2.75, 3.05) is 17.6 Å². The van der Waals surface area contributed by atoms with E-state index in [1.54, 1.807) is 6.20 Å². The molecule has 3 rings (SSSR count). The first-order valence-corrected chi connectivity index (χ1v) is 7.78. The number of rotatable bonds is 5. The van der Waals surface area contributed by atoms with Gasteiger partial charge in [-0.25, -0.2) is 0 Å². The van der Waals surface area contributed by atoms with Gasteiger partial charge in [-0.05, 0) is 37.1 Å². The van der Waals surface area contributed by atoms with Crippen LogP contribution < -0.4 is 15.8 Å². The quantitative estimate of drug-likeness (QED) is 0.744. The molecule has 0 aliphatic heterocycles. The number of pyridine rings is 1. The number of benzene rings is 2. The van der Waals surface area contributed by atoms with Gasteiger partial charge in [0.15, 0.2) is 0 Å². The molecule has 0 unspecified atom stereocenters. The Morgan fingerprint density at radius 3 is 2.70 bits per heavy atom. The molecule has 0 aliphatic carbocycles. The van der Waals surface area contributed by atoms with Gasteiger partial charge in [-0.1, -0.05) is 30.3 Å². The maximum atomic E-state index is 6.07. The molecule has 1 heterocycles. The average molecular weight is 307 g/mol. The molecule has 0 atom stereocenters. The third-order valence-electron chi connectivity index (χ3n) is 3.77. The van der Waals surface area contributed by atoms with Crippen molar-refractivity contribution in [3.63, 3.8) is 0 Å². The second-order valence-electron chi connectivity index (χ2n) is 5.53. The summed E-state index contributed by atoms with van der Waals surface area (Å²) in [4.78, 5) is 4.46. The average Bonchev–Trinajstić information content (AvgIpc) is 2.56. The summed E-state index contributed by atoms with van der Waals surface area (Å²) in [5, 5.41) is 4.32. The van der Waals surface area contributed by atoms with Gasteiger partial charge < -0.3 is 15.8 Å². The third kappa shape index (κ3) is 3.21. The fraction of sp³-hybridized carbons (Fsp3) is 0.211. The van der Waals surface area contributed by atoms with Gasteiger partial charge in [0.1, 0.15) is 12.4 Å². The lowest BCUT2D eigenvalue weighted by Crippen LogP contribution is -2.03. The highest BCUT2D eigenvalue weighted by Gasteiger charge is 2.10. The zero-order valence-electron chi connectivity index (χ0n) is 13.5. The van der Waals surface area contributed by atoms with Crippen molar-refractivity contribution < 1.29 is 4.74 Å². The van der Waals surface area contributed by atoms with Gasteiger partial charge in [-0.3, -0.25) is 4.98 Å². The highest BCUT2D eigenvalue weighted by Crippen LogP contribution is 2.33. The minimum atomic E-state index is 0.540. The number of nitrogen functional groups attached to an aromatic ring is 1. The molecule has 0 amide bonds. The van der Waals surface area contributed by atoms with E-state index in [1.165, 1.54) is 0 Å². The Morgan fingerprint density at radius 2 is 1.96 bits per heavy atom. The highest BCUT2D eigenvalue weighted by atomic mass is 16.5. The van der Waals surface area contributed by atoms with Crippen LogP contribution in [0.25, 0.3) is 10.9 Å². The van der Waals surface area contributed by atoms with Crippen LogP contribution in [0.2, 0.25) is 0 Å². The molecule has 4 nitrogen and oxygen atoms in total. The Labute approximate surface area is 136 Å². The van der Waals surface area contributed by atoms with E-state index in [4.69, 9.17) is 10.5 Å². The van der Waals surface area contributed by atoms with Gasteiger partial charge in [0, 0.05) is 11.9 Å². The largest absolute Gasteiger partial charge is 0.489 e. The van der Waals surface area contributed by atoms with Crippen LogP contribution in [-0.2, 0) is 6.61 Å². The number of ether oxygens (including phenoxy) is 1. The zero-order chi connectivity index (χ0) is 16.2. The Hall–Kier alpha value is -2.75. The van der Waals surface area contributed by atoms with Crippen molar-refractivity contribution in [2.24, 2.45) is 0 Å². The Bertz CT molecular complexity index is 816. The summed E-state index contributed by atoms with van der Waals surface area (Å²) in [6, 6.07) is 14.2. The van der Waals surface area contributed by atoms with Crippen LogP contribution in [0.4, 0.5) is 11.4 Å². The molecule has 0 fully saturated rings. The topological polar surface area (TPSA) is 60.2 Å². The van der Waals surface area contributed by atoms with Gasteiger partial charge in [0.05, 0.1) is 23.1 Å². The zero-order valence-corrected chi connectivity index (χ0v) is 13.5. The standard InChI is InChI=1S/C19H21N3O/c1-3-21-19-16-10-15(23-12-14-7-5-4-6-8-14)9-13(2)18(16)22-11-17(19)20/h4-11H,3,12,20H2,1-2H3,(H,21,22). The molecular weight excluding hydrogens is 286 g/mol. The Kier molecular flexibility index (Phi) is 4.33. The summed E-state index contributed by atoms with van der Waals surface area (Å²) < 4.78 is 5.96. The van der Waals surface area contributed by atoms with Gasteiger partial charge in [-0.15, -0.1) is 0 Å². The molecule has 3 aromatic rings. The number of aryl methyl sites for hydroxylation is 1. The summed E-state index contributed by atoms with van der Waals surface area (Å²) in [6.07, 6.45) is 1.71. The lowest BCUT2D eigenvalue weighted by molar-refractivity contribution is 0.306. The predicted molar refractivity (Wildman–Crippen MR) is 95.8 cm³/mol. The summed E-state index contributed by atoms with van der Waals surface area (Å²) in [6.45, 7) is 5.43. The van der Waals surface area contributed by atoms with Gasteiger partial charge in [0.25, 0.3) is 0 Å². The SMILES string of the molecule is CCNc1c(N)cnc2c(C)cc(OCc3ccccc3)cc12. The third-order valence-corrected chi connectivity index (χ3v) is 3.77. The molecule has 0 saturated carbocycles. The van der Waals surface area contributed by atoms with E-state index >= 15 is 0 Å². The first-order chi connectivity index (χ1) is 11.2. The molecule has 0 spiro atoms. The second kappa shape index (κ2) is 6.57. The van der Waals surface area contributed by atoms with Gasteiger partial charge >= 0.3 is 0 Å². The molecule has 1 aromatic heterocycles. The fourth-order valence-corrected chi connectivity index (χ4v) is 2.66. The van der Waals surface area contributed by atoms with E-state index in [1.807, 2.05) is 44.2 Å². The van der Waals surface area contributed by atoms with Crippen molar-refractivity contribution in [3.05, 3.63) is 59.8 Å². The van der Waals surface area contributed by atoms with Crippen LogP contribution in [0.3, 0.4) is 0 Å². The van der Waals surface area contributed by atoms with Crippen molar-refractivity contribution in [2.45, 2.75) is 20.5 Å². The summed E-state index contributed by atoms with van der Waals surface area (Å²) in [5.41, 5.74) is 10.8. The van der Waals surface area contributed by atoms with Crippen LogP contribution in [-0.4, -0.2) is 11.5 Å². The van der Waals surface area contributed by atoms with Crippen LogP contribution >= 0.6 is 0 Å². The molecule has 4 heteroatoms.